The van der Waals surface area contributed by atoms with Crippen LogP contribution in [0.5, 0.6) is 0 Å². The van der Waals surface area contributed by atoms with Crippen molar-refractivity contribution in [2.24, 2.45) is 0 Å². The SMILES string of the molecule is C=Cc1nnc(Cl)cc1C. The average Bonchev–Trinajstić information content (AvgIpc) is 1.88. The Labute approximate surface area is 64.5 Å². The molecule has 2 nitrogen and oxygen atoms in total. The number of nitrogens with zero attached hydrogens (tertiary/aromatic N) is 2. The van der Waals surface area contributed by atoms with E-state index in [0.29, 0.717) is 5.15 Å². The van der Waals surface area contributed by atoms with Crippen LogP contribution in [0.25, 0.3) is 6.08 Å². The normalized spacial score (nSPS) is 9.40. The maximum absolute atomic E-state index is 5.57. The molecule has 3 heteroatoms. The predicted octanol–water partition coefficient (Wildman–Crippen LogP) is 2.08. The summed E-state index contributed by atoms with van der Waals surface area (Å²) in [5.74, 6) is 0. The number of rotatable bonds is 1. The van der Waals surface area contributed by atoms with Gasteiger partial charge in [0.15, 0.2) is 5.15 Å². The first kappa shape index (κ1) is 7.22. The summed E-state index contributed by atoms with van der Waals surface area (Å²) in [7, 11) is 0. The molecular weight excluding hydrogens is 148 g/mol. The van der Waals surface area contributed by atoms with E-state index in [1.165, 1.54) is 0 Å². The second kappa shape index (κ2) is 2.80. The number of halogens is 1. The lowest BCUT2D eigenvalue weighted by Crippen LogP contribution is -1.89. The van der Waals surface area contributed by atoms with Gasteiger partial charge < -0.3 is 0 Å². The first-order chi connectivity index (χ1) is 4.74. The maximum Gasteiger partial charge on any atom is 0.152 e. The van der Waals surface area contributed by atoms with Crippen molar-refractivity contribution >= 4 is 17.7 Å². The zero-order valence-corrected chi connectivity index (χ0v) is 6.39. The van der Waals surface area contributed by atoms with Crippen molar-refractivity contribution in [3.05, 3.63) is 29.1 Å². The van der Waals surface area contributed by atoms with Crippen LogP contribution in [-0.2, 0) is 0 Å². The van der Waals surface area contributed by atoms with Crippen molar-refractivity contribution in [2.45, 2.75) is 6.92 Å². The molecule has 0 aliphatic carbocycles. The van der Waals surface area contributed by atoms with Gasteiger partial charge in [0.25, 0.3) is 0 Å². The Bertz CT molecular complexity index is 258. The monoisotopic (exact) mass is 154 g/mol. The van der Waals surface area contributed by atoms with Gasteiger partial charge >= 0.3 is 0 Å². The zero-order valence-electron chi connectivity index (χ0n) is 5.63. The van der Waals surface area contributed by atoms with Gasteiger partial charge in [0.05, 0.1) is 5.69 Å². The molecule has 0 atom stereocenters. The highest BCUT2D eigenvalue weighted by molar-refractivity contribution is 6.29. The first-order valence-corrected chi connectivity index (χ1v) is 3.24. The van der Waals surface area contributed by atoms with Crippen molar-refractivity contribution in [3.8, 4) is 0 Å². The molecule has 52 valence electrons. The Kier molecular flexibility index (Phi) is 2.02. The summed E-state index contributed by atoms with van der Waals surface area (Å²) < 4.78 is 0. The average molecular weight is 155 g/mol. The maximum atomic E-state index is 5.57. The van der Waals surface area contributed by atoms with Crippen LogP contribution in [0.2, 0.25) is 5.15 Å². The van der Waals surface area contributed by atoms with Gasteiger partial charge in [-0.3, -0.25) is 0 Å². The van der Waals surface area contributed by atoms with E-state index >= 15 is 0 Å². The summed E-state index contributed by atoms with van der Waals surface area (Å²) in [4.78, 5) is 0. The molecule has 0 unspecified atom stereocenters. The number of aryl methyl sites for hydroxylation is 1. The lowest BCUT2D eigenvalue weighted by molar-refractivity contribution is 1.00. The molecule has 0 saturated heterocycles. The van der Waals surface area contributed by atoms with Crippen LogP contribution in [0.3, 0.4) is 0 Å². The Morgan fingerprint density at radius 1 is 1.60 bits per heavy atom. The minimum Gasteiger partial charge on any atom is -0.149 e. The molecule has 0 aromatic carbocycles. The fourth-order valence-corrected chi connectivity index (χ4v) is 0.865. The summed E-state index contributed by atoms with van der Waals surface area (Å²) in [6.45, 7) is 5.49. The topological polar surface area (TPSA) is 25.8 Å². The summed E-state index contributed by atoms with van der Waals surface area (Å²) in [5.41, 5.74) is 1.78. The zero-order chi connectivity index (χ0) is 7.56. The summed E-state index contributed by atoms with van der Waals surface area (Å²) in [5, 5.41) is 7.87. The van der Waals surface area contributed by atoms with Crippen molar-refractivity contribution in [1.29, 1.82) is 0 Å². The molecule has 0 N–H and O–H groups in total. The summed E-state index contributed by atoms with van der Waals surface area (Å²) >= 11 is 5.57. The highest BCUT2D eigenvalue weighted by atomic mass is 35.5. The standard InChI is InChI=1S/C7H7ClN2/c1-3-6-5(2)4-7(8)10-9-6/h3-4H,1H2,2H3. The molecule has 1 aromatic rings. The fourth-order valence-electron chi connectivity index (χ4n) is 0.664. The second-order valence-corrected chi connectivity index (χ2v) is 2.33. The van der Waals surface area contributed by atoms with E-state index in [1.54, 1.807) is 12.1 Å². The Morgan fingerprint density at radius 3 is 2.80 bits per heavy atom. The largest absolute Gasteiger partial charge is 0.152 e. The molecule has 0 aliphatic rings. The third-order valence-electron chi connectivity index (χ3n) is 1.19. The van der Waals surface area contributed by atoms with Gasteiger partial charge in [0, 0.05) is 0 Å². The predicted molar refractivity (Wildman–Crippen MR) is 41.9 cm³/mol. The van der Waals surface area contributed by atoms with E-state index in [1.807, 2.05) is 6.92 Å². The molecule has 0 spiro atoms. The van der Waals surface area contributed by atoms with Crippen molar-refractivity contribution in [1.82, 2.24) is 10.2 Å². The van der Waals surface area contributed by atoms with Crippen LogP contribution >= 0.6 is 11.6 Å². The van der Waals surface area contributed by atoms with Gasteiger partial charge in [-0.1, -0.05) is 18.2 Å². The van der Waals surface area contributed by atoms with Gasteiger partial charge in [0.1, 0.15) is 0 Å². The fraction of sp³-hybridized carbons (Fsp3) is 0.143. The summed E-state index contributed by atoms with van der Waals surface area (Å²) in [6, 6.07) is 1.76. The molecule has 0 aliphatic heterocycles. The molecule has 0 fully saturated rings. The van der Waals surface area contributed by atoms with E-state index in [4.69, 9.17) is 11.6 Å². The van der Waals surface area contributed by atoms with Gasteiger partial charge in [0.2, 0.25) is 0 Å². The van der Waals surface area contributed by atoms with Gasteiger partial charge in [-0.25, -0.2) is 0 Å². The van der Waals surface area contributed by atoms with Crippen LogP contribution in [0.4, 0.5) is 0 Å². The van der Waals surface area contributed by atoms with Crippen LogP contribution in [0.15, 0.2) is 12.6 Å². The van der Waals surface area contributed by atoms with Crippen molar-refractivity contribution < 1.29 is 0 Å². The summed E-state index contributed by atoms with van der Waals surface area (Å²) in [6.07, 6.45) is 1.65. The van der Waals surface area contributed by atoms with Gasteiger partial charge in [-0.15, -0.1) is 10.2 Å². The minimum absolute atomic E-state index is 0.420. The molecule has 0 bridgehead atoms. The highest BCUT2D eigenvalue weighted by Crippen LogP contribution is 2.09. The van der Waals surface area contributed by atoms with E-state index in [9.17, 15) is 0 Å². The third-order valence-corrected chi connectivity index (χ3v) is 1.37. The lowest BCUT2D eigenvalue weighted by atomic mass is 10.2. The minimum atomic E-state index is 0.420. The second-order valence-electron chi connectivity index (χ2n) is 1.94. The Hall–Kier alpha value is -0.890. The highest BCUT2D eigenvalue weighted by Gasteiger charge is 1.95. The smallest absolute Gasteiger partial charge is 0.149 e. The van der Waals surface area contributed by atoms with E-state index in [2.05, 4.69) is 16.8 Å². The number of aromatic nitrogens is 2. The van der Waals surface area contributed by atoms with Crippen LogP contribution in [0.1, 0.15) is 11.3 Å². The third kappa shape index (κ3) is 1.33. The molecule has 0 saturated carbocycles. The molecule has 1 rings (SSSR count). The Morgan fingerprint density at radius 2 is 2.30 bits per heavy atom. The lowest BCUT2D eigenvalue weighted by Gasteiger charge is -1.95. The van der Waals surface area contributed by atoms with Crippen LogP contribution in [0, 0.1) is 6.92 Å². The number of hydrogen-bond acceptors (Lipinski definition) is 2. The molecule has 0 amide bonds. The van der Waals surface area contributed by atoms with Crippen molar-refractivity contribution in [2.75, 3.05) is 0 Å². The van der Waals surface area contributed by atoms with Crippen LogP contribution in [-0.4, -0.2) is 10.2 Å². The van der Waals surface area contributed by atoms with E-state index < -0.39 is 0 Å². The van der Waals surface area contributed by atoms with Gasteiger partial charge in [-0.2, -0.15) is 0 Å². The molecular formula is C7H7ClN2. The van der Waals surface area contributed by atoms with E-state index in [0.717, 1.165) is 11.3 Å². The molecule has 1 heterocycles. The molecule has 1 aromatic heterocycles. The molecule has 10 heavy (non-hydrogen) atoms. The number of hydrogen-bond donors (Lipinski definition) is 0. The van der Waals surface area contributed by atoms with Crippen LogP contribution < -0.4 is 0 Å². The van der Waals surface area contributed by atoms with Crippen molar-refractivity contribution in [3.63, 3.8) is 0 Å². The first-order valence-electron chi connectivity index (χ1n) is 2.86. The molecule has 0 radical (unpaired) electrons. The van der Waals surface area contributed by atoms with Gasteiger partial charge in [-0.05, 0) is 24.6 Å². The quantitative estimate of drug-likeness (QED) is 0.619. The van der Waals surface area contributed by atoms with E-state index in [-0.39, 0.29) is 0 Å². The Balaban J connectivity index is 3.19.